The first-order chi connectivity index (χ1) is 10.1. The van der Waals surface area contributed by atoms with Gasteiger partial charge in [0.1, 0.15) is 12.1 Å². The van der Waals surface area contributed by atoms with Crippen LogP contribution >= 0.6 is 0 Å². The fraction of sp³-hybridized carbons (Fsp3) is 0.588. The maximum atomic E-state index is 11.8. The largest absolute Gasteiger partial charge is 0.461 e. The van der Waals surface area contributed by atoms with E-state index in [1.54, 1.807) is 0 Å². The zero-order chi connectivity index (χ0) is 14.8. The number of likely N-dealkylation sites (tertiary alicyclic amines) is 1. The molecule has 0 spiro atoms. The molecule has 4 nitrogen and oxygen atoms in total. The van der Waals surface area contributed by atoms with Crippen molar-refractivity contribution >= 4 is 11.7 Å². The molecular weight excluding hydrogens is 264 g/mol. The number of aryl methyl sites for hydroxylation is 1. The van der Waals surface area contributed by atoms with Crippen LogP contribution in [0.2, 0.25) is 0 Å². The van der Waals surface area contributed by atoms with Gasteiger partial charge in [-0.05, 0) is 44.4 Å². The lowest BCUT2D eigenvalue weighted by Crippen LogP contribution is -2.46. The Morgan fingerprint density at radius 2 is 2.05 bits per heavy atom. The zero-order valence-corrected chi connectivity index (χ0v) is 12.8. The lowest BCUT2D eigenvalue weighted by molar-refractivity contribution is -0.145. The number of rotatable bonds is 3. The third-order valence-electron chi connectivity index (χ3n) is 4.50. The first kappa shape index (κ1) is 14.4. The third kappa shape index (κ3) is 3.38. The quantitative estimate of drug-likeness (QED) is 0.868. The summed E-state index contributed by atoms with van der Waals surface area (Å²) >= 11 is 0. The van der Waals surface area contributed by atoms with Crippen molar-refractivity contribution in [3.8, 4) is 0 Å². The Bertz CT molecular complexity index is 509. The number of cyclic esters (lactones) is 1. The van der Waals surface area contributed by atoms with Gasteiger partial charge in [-0.1, -0.05) is 12.1 Å². The van der Waals surface area contributed by atoms with E-state index in [-0.39, 0.29) is 18.1 Å². The van der Waals surface area contributed by atoms with Crippen molar-refractivity contribution in [3.05, 3.63) is 29.8 Å². The molecule has 0 unspecified atom stereocenters. The summed E-state index contributed by atoms with van der Waals surface area (Å²) in [5.41, 5.74) is 2.47. The number of nitrogens with zero attached hydrogens (tertiary/aromatic N) is 1. The lowest BCUT2D eigenvalue weighted by Gasteiger charge is -2.35. The van der Waals surface area contributed by atoms with Crippen molar-refractivity contribution in [2.24, 2.45) is 0 Å². The number of carbonyl (C=O) groups excluding carboxylic acids is 1. The van der Waals surface area contributed by atoms with E-state index in [1.807, 2.05) is 6.92 Å². The summed E-state index contributed by atoms with van der Waals surface area (Å²) in [7, 11) is 0. The maximum absolute atomic E-state index is 11.8. The summed E-state index contributed by atoms with van der Waals surface area (Å²) in [4.78, 5) is 14.1. The van der Waals surface area contributed by atoms with Crippen molar-refractivity contribution in [2.75, 3.05) is 18.4 Å². The van der Waals surface area contributed by atoms with Crippen molar-refractivity contribution in [2.45, 2.75) is 51.3 Å². The van der Waals surface area contributed by atoms with Gasteiger partial charge >= 0.3 is 5.97 Å². The van der Waals surface area contributed by atoms with E-state index >= 15 is 0 Å². The third-order valence-corrected chi connectivity index (χ3v) is 4.50. The van der Waals surface area contributed by atoms with Gasteiger partial charge in [-0.25, -0.2) is 0 Å². The van der Waals surface area contributed by atoms with E-state index in [1.165, 1.54) is 11.3 Å². The Morgan fingerprint density at radius 3 is 2.67 bits per heavy atom. The van der Waals surface area contributed by atoms with E-state index in [0.717, 1.165) is 32.4 Å². The average Bonchev–Trinajstić information content (AvgIpc) is 2.79. The number of nitrogens with one attached hydrogen (secondary N) is 1. The molecule has 3 rings (SSSR count). The Balaban J connectivity index is 1.52. The van der Waals surface area contributed by atoms with Crippen LogP contribution < -0.4 is 5.32 Å². The molecule has 2 fully saturated rings. The minimum atomic E-state index is -0.0346. The highest BCUT2D eigenvalue weighted by Crippen LogP contribution is 2.24. The monoisotopic (exact) mass is 288 g/mol. The van der Waals surface area contributed by atoms with E-state index in [0.29, 0.717) is 6.04 Å². The number of piperidine rings is 1. The minimum absolute atomic E-state index is 0.0140. The van der Waals surface area contributed by atoms with Gasteiger partial charge in [0.15, 0.2) is 0 Å². The number of hydrogen-bond donors (Lipinski definition) is 1. The molecule has 0 aliphatic carbocycles. The predicted molar refractivity (Wildman–Crippen MR) is 83.4 cm³/mol. The van der Waals surface area contributed by atoms with E-state index in [2.05, 4.69) is 41.4 Å². The summed E-state index contributed by atoms with van der Waals surface area (Å²) in [6.07, 6.45) is 3.07. The topological polar surface area (TPSA) is 41.6 Å². The molecule has 1 aromatic rings. The van der Waals surface area contributed by atoms with Crippen LogP contribution in [0.1, 0.15) is 31.7 Å². The van der Waals surface area contributed by atoms with Gasteiger partial charge in [0, 0.05) is 31.2 Å². The van der Waals surface area contributed by atoms with Crippen LogP contribution in [0.25, 0.3) is 0 Å². The Hall–Kier alpha value is -1.55. The molecule has 0 amide bonds. The molecule has 21 heavy (non-hydrogen) atoms. The molecule has 0 bridgehead atoms. The molecule has 1 N–H and O–H groups in total. The molecule has 2 saturated heterocycles. The molecule has 2 aliphatic rings. The molecule has 2 atom stereocenters. The number of carbonyl (C=O) groups is 1. The number of hydrogen-bond acceptors (Lipinski definition) is 4. The Kier molecular flexibility index (Phi) is 4.15. The van der Waals surface area contributed by atoms with Gasteiger partial charge in [-0.3, -0.25) is 9.69 Å². The molecule has 114 valence electrons. The van der Waals surface area contributed by atoms with Gasteiger partial charge < -0.3 is 10.1 Å². The SMILES string of the molecule is Cc1cccc(NC2CCN([C@@H]3C[C@@H](C)OC3=O)CC2)c1. The Morgan fingerprint density at radius 1 is 1.29 bits per heavy atom. The van der Waals surface area contributed by atoms with E-state index < -0.39 is 0 Å². The van der Waals surface area contributed by atoms with Crippen molar-refractivity contribution in [1.29, 1.82) is 0 Å². The minimum Gasteiger partial charge on any atom is -0.461 e. The van der Waals surface area contributed by atoms with Crippen LogP contribution in [0.3, 0.4) is 0 Å². The Labute approximate surface area is 126 Å². The first-order valence-corrected chi connectivity index (χ1v) is 7.89. The predicted octanol–water partition coefficient (Wildman–Crippen LogP) is 2.58. The fourth-order valence-electron chi connectivity index (χ4n) is 3.36. The highest BCUT2D eigenvalue weighted by Gasteiger charge is 2.37. The maximum Gasteiger partial charge on any atom is 0.323 e. The van der Waals surface area contributed by atoms with Crippen LogP contribution in [-0.2, 0) is 9.53 Å². The van der Waals surface area contributed by atoms with Crippen molar-refractivity contribution in [3.63, 3.8) is 0 Å². The second kappa shape index (κ2) is 6.06. The second-order valence-corrected chi connectivity index (χ2v) is 6.32. The summed E-state index contributed by atoms with van der Waals surface area (Å²) in [5.74, 6) is -0.0346. The van der Waals surface area contributed by atoms with Crippen molar-refractivity contribution in [1.82, 2.24) is 4.90 Å². The molecule has 2 heterocycles. The molecular formula is C17H24N2O2. The van der Waals surface area contributed by atoms with E-state index in [4.69, 9.17) is 4.74 Å². The number of anilines is 1. The standard InChI is InChI=1S/C17H24N2O2/c1-12-4-3-5-15(10-12)18-14-6-8-19(9-7-14)16-11-13(2)21-17(16)20/h3-5,10,13-14,16,18H,6-9,11H2,1-2H3/t13-,16-/m1/s1. The van der Waals surface area contributed by atoms with E-state index in [9.17, 15) is 4.79 Å². The number of ether oxygens (including phenoxy) is 1. The summed E-state index contributed by atoms with van der Waals surface area (Å²) in [6.45, 7) is 6.02. The van der Waals surface area contributed by atoms with Gasteiger partial charge in [0.05, 0.1) is 0 Å². The summed E-state index contributed by atoms with van der Waals surface area (Å²) in [6, 6.07) is 8.99. The zero-order valence-electron chi connectivity index (χ0n) is 12.8. The van der Waals surface area contributed by atoms with Crippen LogP contribution in [0.4, 0.5) is 5.69 Å². The van der Waals surface area contributed by atoms with Gasteiger partial charge in [-0.15, -0.1) is 0 Å². The number of benzene rings is 1. The molecule has 2 aliphatic heterocycles. The summed E-state index contributed by atoms with van der Waals surface area (Å²) < 4.78 is 5.27. The van der Waals surface area contributed by atoms with Gasteiger partial charge in [0.25, 0.3) is 0 Å². The normalized spacial score (nSPS) is 27.6. The first-order valence-electron chi connectivity index (χ1n) is 7.89. The lowest BCUT2D eigenvalue weighted by atomic mass is 10.0. The van der Waals surface area contributed by atoms with Crippen LogP contribution in [0.15, 0.2) is 24.3 Å². The molecule has 4 heteroatoms. The average molecular weight is 288 g/mol. The molecule has 0 radical (unpaired) electrons. The summed E-state index contributed by atoms with van der Waals surface area (Å²) in [5, 5.41) is 3.61. The van der Waals surface area contributed by atoms with Gasteiger partial charge in [0.2, 0.25) is 0 Å². The smallest absolute Gasteiger partial charge is 0.323 e. The highest BCUT2D eigenvalue weighted by atomic mass is 16.6. The molecule has 0 saturated carbocycles. The fourth-order valence-corrected chi connectivity index (χ4v) is 3.36. The molecule has 1 aromatic carbocycles. The second-order valence-electron chi connectivity index (χ2n) is 6.32. The van der Waals surface area contributed by atoms with Gasteiger partial charge in [-0.2, -0.15) is 0 Å². The van der Waals surface area contributed by atoms with Crippen LogP contribution in [0, 0.1) is 6.92 Å². The van der Waals surface area contributed by atoms with Crippen LogP contribution in [-0.4, -0.2) is 42.1 Å². The number of esters is 1. The van der Waals surface area contributed by atoms with Crippen molar-refractivity contribution < 1.29 is 9.53 Å². The molecule has 0 aromatic heterocycles. The highest BCUT2D eigenvalue weighted by molar-refractivity contribution is 5.78. The van der Waals surface area contributed by atoms with Crippen LogP contribution in [0.5, 0.6) is 0 Å².